The highest BCUT2D eigenvalue weighted by Gasteiger charge is 2.00. The van der Waals surface area contributed by atoms with Crippen LogP contribution in [0.1, 0.15) is 38.2 Å². The molecule has 0 fully saturated rings. The van der Waals surface area contributed by atoms with Gasteiger partial charge in [-0.2, -0.15) is 0 Å². The Bertz CT molecular complexity index is 347. The third-order valence-corrected chi connectivity index (χ3v) is 2.58. The van der Waals surface area contributed by atoms with Crippen molar-refractivity contribution in [1.82, 2.24) is 0 Å². The zero-order valence-electron chi connectivity index (χ0n) is 10.3. The molecular weight excluding hydrogens is 216 g/mol. The molecule has 1 rings (SSSR count). The van der Waals surface area contributed by atoms with Gasteiger partial charge in [0.15, 0.2) is 6.61 Å². The Labute approximate surface area is 102 Å². The fourth-order valence-corrected chi connectivity index (χ4v) is 1.69. The van der Waals surface area contributed by atoms with E-state index in [4.69, 9.17) is 9.84 Å². The number of carboxylic acids is 1. The number of unbranched alkanes of at least 4 members (excludes halogenated alkanes) is 3. The highest BCUT2D eigenvalue weighted by Crippen LogP contribution is 2.15. The molecule has 0 aliphatic carbocycles. The molecule has 0 amide bonds. The fourth-order valence-electron chi connectivity index (χ4n) is 1.69. The standard InChI is InChI=1S/C14H20O3/c1-2-3-4-5-7-12-8-6-9-13(10-12)17-11-14(15)16/h6,8-10H,2-5,7,11H2,1H3,(H,15,16). The number of rotatable bonds is 8. The first-order valence-electron chi connectivity index (χ1n) is 6.16. The molecule has 0 bridgehead atoms. The van der Waals surface area contributed by atoms with Gasteiger partial charge in [-0.05, 0) is 30.5 Å². The van der Waals surface area contributed by atoms with E-state index in [2.05, 4.69) is 13.0 Å². The largest absolute Gasteiger partial charge is 0.482 e. The minimum Gasteiger partial charge on any atom is -0.482 e. The maximum absolute atomic E-state index is 10.4. The van der Waals surface area contributed by atoms with Crippen LogP contribution in [0.4, 0.5) is 0 Å². The summed E-state index contributed by atoms with van der Waals surface area (Å²) in [6.07, 6.45) is 5.97. The first-order chi connectivity index (χ1) is 8.22. The lowest BCUT2D eigenvalue weighted by molar-refractivity contribution is -0.139. The molecule has 0 aromatic heterocycles. The molecule has 3 heteroatoms. The lowest BCUT2D eigenvalue weighted by Crippen LogP contribution is -2.09. The van der Waals surface area contributed by atoms with Gasteiger partial charge in [-0.3, -0.25) is 0 Å². The van der Waals surface area contributed by atoms with Crippen molar-refractivity contribution in [2.24, 2.45) is 0 Å². The molecule has 0 aliphatic heterocycles. The first-order valence-corrected chi connectivity index (χ1v) is 6.16. The molecule has 0 unspecified atom stereocenters. The third kappa shape index (κ3) is 5.95. The number of hydrogen-bond acceptors (Lipinski definition) is 2. The summed E-state index contributed by atoms with van der Waals surface area (Å²) in [5.41, 5.74) is 1.21. The number of hydrogen-bond donors (Lipinski definition) is 1. The molecule has 94 valence electrons. The molecule has 1 N–H and O–H groups in total. The van der Waals surface area contributed by atoms with Gasteiger partial charge in [-0.1, -0.05) is 38.3 Å². The van der Waals surface area contributed by atoms with Crippen molar-refractivity contribution in [2.75, 3.05) is 6.61 Å². The normalized spacial score (nSPS) is 10.2. The van der Waals surface area contributed by atoms with Crippen LogP contribution in [0.25, 0.3) is 0 Å². The average Bonchev–Trinajstić information content (AvgIpc) is 2.33. The maximum atomic E-state index is 10.4. The topological polar surface area (TPSA) is 46.5 Å². The van der Waals surface area contributed by atoms with Crippen molar-refractivity contribution in [2.45, 2.75) is 39.0 Å². The molecule has 0 saturated heterocycles. The maximum Gasteiger partial charge on any atom is 0.341 e. The molecule has 0 saturated carbocycles. The summed E-state index contributed by atoms with van der Waals surface area (Å²) in [4.78, 5) is 10.4. The fraction of sp³-hybridized carbons (Fsp3) is 0.500. The monoisotopic (exact) mass is 236 g/mol. The second kappa shape index (κ2) is 7.71. The summed E-state index contributed by atoms with van der Waals surface area (Å²) in [6.45, 7) is 1.92. The van der Waals surface area contributed by atoms with Crippen LogP contribution in [0.5, 0.6) is 5.75 Å². The average molecular weight is 236 g/mol. The van der Waals surface area contributed by atoms with E-state index in [1.807, 2.05) is 12.1 Å². The van der Waals surface area contributed by atoms with Gasteiger partial charge in [-0.15, -0.1) is 0 Å². The van der Waals surface area contributed by atoms with E-state index in [0.717, 1.165) is 6.42 Å². The summed E-state index contributed by atoms with van der Waals surface area (Å²) in [6, 6.07) is 7.68. The molecule has 0 radical (unpaired) electrons. The third-order valence-electron chi connectivity index (χ3n) is 2.58. The summed E-state index contributed by atoms with van der Waals surface area (Å²) < 4.78 is 5.14. The van der Waals surface area contributed by atoms with E-state index in [1.165, 1.54) is 31.2 Å². The minimum atomic E-state index is -0.946. The Balaban J connectivity index is 2.39. The number of carbonyl (C=O) groups is 1. The molecule has 3 nitrogen and oxygen atoms in total. The van der Waals surface area contributed by atoms with Crippen LogP contribution in [0.15, 0.2) is 24.3 Å². The van der Waals surface area contributed by atoms with Crippen LogP contribution in [0.3, 0.4) is 0 Å². The van der Waals surface area contributed by atoms with Gasteiger partial charge in [-0.25, -0.2) is 4.79 Å². The molecule has 0 spiro atoms. The Kier molecular flexibility index (Phi) is 6.15. The smallest absolute Gasteiger partial charge is 0.341 e. The van der Waals surface area contributed by atoms with Crippen LogP contribution >= 0.6 is 0 Å². The molecule has 17 heavy (non-hydrogen) atoms. The zero-order chi connectivity index (χ0) is 12.5. The molecule has 0 heterocycles. The van der Waals surface area contributed by atoms with Crippen molar-refractivity contribution < 1.29 is 14.6 Å². The second-order valence-electron chi connectivity index (χ2n) is 4.14. The van der Waals surface area contributed by atoms with Gasteiger partial charge in [0, 0.05) is 0 Å². The molecule has 0 atom stereocenters. The highest BCUT2D eigenvalue weighted by atomic mass is 16.5. The van der Waals surface area contributed by atoms with Crippen LogP contribution < -0.4 is 4.74 Å². The predicted octanol–water partition coefficient (Wildman–Crippen LogP) is 3.27. The van der Waals surface area contributed by atoms with Crippen molar-refractivity contribution >= 4 is 5.97 Å². The Morgan fingerprint density at radius 3 is 2.82 bits per heavy atom. The van der Waals surface area contributed by atoms with Gasteiger partial charge in [0.05, 0.1) is 0 Å². The number of benzene rings is 1. The summed E-state index contributed by atoms with van der Waals surface area (Å²) in [5.74, 6) is -0.307. The SMILES string of the molecule is CCCCCCc1cccc(OCC(=O)O)c1. The van der Waals surface area contributed by atoms with Crippen LogP contribution in [0, 0.1) is 0 Å². The Morgan fingerprint density at radius 2 is 2.12 bits per heavy atom. The van der Waals surface area contributed by atoms with E-state index >= 15 is 0 Å². The zero-order valence-corrected chi connectivity index (χ0v) is 10.3. The number of ether oxygens (including phenoxy) is 1. The van der Waals surface area contributed by atoms with E-state index in [0.29, 0.717) is 5.75 Å². The van der Waals surface area contributed by atoms with Crippen LogP contribution in [-0.2, 0) is 11.2 Å². The molecule has 1 aromatic carbocycles. The number of aryl methyl sites for hydroxylation is 1. The minimum absolute atomic E-state index is 0.278. The Hall–Kier alpha value is -1.51. The van der Waals surface area contributed by atoms with Gasteiger partial charge in [0.2, 0.25) is 0 Å². The molecule has 0 aliphatic rings. The molecular formula is C14H20O3. The van der Waals surface area contributed by atoms with Gasteiger partial charge >= 0.3 is 5.97 Å². The van der Waals surface area contributed by atoms with Crippen molar-refractivity contribution in [1.29, 1.82) is 0 Å². The lowest BCUT2D eigenvalue weighted by Gasteiger charge is -2.06. The predicted molar refractivity (Wildman–Crippen MR) is 67.4 cm³/mol. The van der Waals surface area contributed by atoms with Gasteiger partial charge < -0.3 is 9.84 Å². The van der Waals surface area contributed by atoms with Crippen LogP contribution in [-0.4, -0.2) is 17.7 Å². The first kappa shape index (κ1) is 13.6. The Morgan fingerprint density at radius 1 is 1.29 bits per heavy atom. The summed E-state index contributed by atoms with van der Waals surface area (Å²) in [5, 5.41) is 8.52. The van der Waals surface area contributed by atoms with E-state index in [9.17, 15) is 4.79 Å². The highest BCUT2D eigenvalue weighted by molar-refractivity contribution is 5.68. The summed E-state index contributed by atoms with van der Waals surface area (Å²) in [7, 11) is 0. The second-order valence-corrected chi connectivity index (χ2v) is 4.14. The number of aliphatic carboxylic acids is 1. The quantitative estimate of drug-likeness (QED) is 0.705. The van der Waals surface area contributed by atoms with Crippen molar-refractivity contribution in [3.63, 3.8) is 0 Å². The van der Waals surface area contributed by atoms with E-state index in [-0.39, 0.29) is 6.61 Å². The number of carboxylic acid groups (broad SMARTS) is 1. The van der Waals surface area contributed by atoms with Crippen molar-refractivity contribution in [3.05, 3.63) is 29.8 Å². The van der Waals surface area contributed by atoms with Crippen LogP contribution in [0.2, 0.25) is 0 Å². The molecule has 1 aromatic rings. The van der Waals surface area contributed by atoms with E-state index in [1.54, 1.807) is 6.07 Å². The van der Waals surface area contributed by atoms with Crippen molar-refractivity contribution in [3.8, 4) is 5.75 Å². The summed E-state index contributed by atoms with van der Waals surface area (Å²) >= 11 is 0. The lowest BCUT2D eigenvalue weighted by atomic mass is 10.1. The van der Waals surface area contributed by atoms with E-state index < -0.39 is 5.97 Å². The van der Waals surface area contributed by atoms with Gasteiger partial charge in [0.25, 0.3) is 0 Å². The van der Waals surface area contributed by atoms with Gasteiger partial charge in [0.1, 0.15) is 5.75 Å².